The Labute approximate surface area is 833 Å². The minimum atomic E-state index is -0.899. The summed E-state index contributed by atoms with van der Waals surface area (Å²) in [7, 11) is 0. The van der Waals surface area contributed by atoms with Gasteiger partial charge in [0, 0.05) is 201 Å². The van der Waals surface area contributed by atoms with E-state index in [1.54, 1.807) is 0 Å². The van der Waals surface area contributed by atoms with E-state index in [9.17, 15) is 19.7 Å². The third-order valence-electron chi connectivity index (χ3n) is 34.9. The molecule has 0 radical (unpaired) electrons. The molecule has 0 bridgehead atoms. The van der Waals surface area contributed by atoms with Crippen molar-refractivity contribution in [2.45, 2.75) is 488 Å². The molecule has 11 saturated heterocycles. The van der Waals surface area contributed by atoms with Crippen molar-refractivity contribution in [2.24, 2.45) is 129 Å². The third kappa shape index (κ3) is 39.6. The molecule has 11 heterocycles. The van der Waals surface area contributed by atoms with E-state index in [-0.39, 0.29) is 16.7 Å². The summed E-state index contributed by atoms with van der Waals surface area (Å²) in [5.74, 6) is 15.4. The number of aliphatic hydroxyl groups excluding tert-OH is 2. The van der Waals surface area contributed by atoms with Crippen molar-refractivity contribution in [3.8, 4) is 0 Å². The van der Waals surface area contributed by atoms with Crippen LogP contribution in [0.3, 0.4) is 0 Å². The summed E-state index contributed by atoms with van der Waals surface area (Å²) in [6.45, 7) is 142. The number of allylic oxidation sites excluding steroid dienone is 1. The van der Waals surface area contributed by atoms with Gasteiger partial charge in [-0.2, -0.15) is 0 Å². The van der Waals surface area contributed by atoms with Gasteiger partial charge < -0.3 is 30.0 Å². The Hall–Kier alpha value is -1.31. The summed E-state index contributed by atoms with van der Waals surface area (Å²) in [4.78, 5) is 27.5. The number of rotatable bonds is 28. The van der Waals surface area contributed by atoms with Gasteiger partial charge in [0.15, 0.2) is 0 Å². The van der Waals surface area contributed by atoms with Crippen LogP contribution in [0.4, 0.5) is 4.39 Å². The molecule has 794 valence electrons. The molecule has 0 saturated carbocycles. The minimum absolute atomic E-state index is 0.0374. The molecule has 11 fully saturated rings. The zero-order valence-electron chi connectivity index (χ0n) is 99.3. The predicted octanol–water partition coefficient (Wildman–Crippen LogP) is 26.5. The third-order valence-corrected chi connectivity index (χ3v) is 34.9. The SMILES string of the molecule is C=C(O)C1(C(C)C)CN(C(C)C)C1.CC(C)=CCC1C(C(C)C)CN1C(C)C.CC(C)C1CCCN(C(C)C)C1.CC(C)C1CCN(C(C)C)C1.CC(C)C1CN(C(C)C)C1.CC(C)C1CN(C(C)C)C1C.CC(C)C1CN(C(C)C)C1C(C)(C)O.CC(C)C1CN(C(C)C)C1C(C)C.CC(C)N1CC(C)(C(C)C)C1.CC(C)N1CC(CO)(C(C)C)C1.CC(C)N1CC(F)(C(C)C)C1. The normalized spacial score (nSPS) is 26.5. The van der Waals surface area contributed by atoms with Gasteiger partial charge >= 0.3 is 0 Å². The van der Waals surface area contributed by atoms with E-state index in [0.29, 0.717) is 90.8 Å². The number of hydrogen-bond acceptors (Lipinski definition) is 14. The lowest BCUT2D eigenvalue weighted by atomic mass is 9.69. The molecule has 10 unspecified atom stereocenters. The highest BCUT2D eigenvalue weighted by molar-refractivity contribution is 5.14. The Morgan fingerprint density at radius 3 is 1.02 bits per heavy atom. The zero-order chi connectivity index (χ0) is 104. The Balaban J connectivity index is 0.000000733. The van der Waals surface area contributed by atoms with Gasteiger partial charge in [0.2, 0.25) is 0 Å². The first-order valence-corrected chi connectivity index (χ1v) is 56.1. The van der Waals surface area contributed by atoms with Crippen LogP contribution >= 0.6 is 0 Å². The van der Waals surface area contributed by atoms with Gasteiger partial charge in [-0.25, -0.2) is 4.39 Å². The second-order valence-electron chi connectivity index (χ2n) is 53.0. The first kappa shape index (κ1) is 130. The lowest BCUT2D eigenvalue weighted by Gasteiger charge is -2.57. The first-order chi connectivity index (χ1) is 60.8. The second-order valence-corrected chi connectivity index (χ2v) is 53.0. The summed E-state index contributed by atoms with van der Waals surface area (Å²) >= 11 is 0. The standard InChI is InChI=1S/C14H27N.C12H25NO.C12H25N.C11H21NO.C11H23N.C10H21NO.3C10H21N.C9H18FN.C9H19N/c1-10(2)7-8-14-13(11(3)4)9-15(14)12(5)6;1-8(2)10-7-13(9(3)4)11(10)12(5,6)14;1-8(2)11-7-13(10(5)6)12(11)9(3)4;1-8(2)11(10(5)13)6-12(7-11)9(3)4;1-9(2)11-6-5-7-12(8-11)10(3)4;1-8(2)10(7-12)5-11(6-10)9(3)4;1-8(2)10(5)6-11(7-10)9(3)4;1-7(2)10-6-11(8(3)4)9(10)5;1-8(2)10-5-6-11(7-10)9(3)4;1-7(2)9(10)5-11(6-9)8(3)4;1-7(2)9-5-10(6-9)8(3)4/h7,11-14H,8-9H2,1-6H3;8-11,14H,7H2,1-6H3;8-12H,7H2,1-6H3;8-9,13H,5-7H2,1-4H3;9-11H,5-8H2,1-4H3;8-9,12H,5-7H2,1-4H3;8-9H,6-7H2,1-5H3;7-10H,6H2,1-5H3;8-10H,5-7H2,1-4H3;7-8H,5-6H2,1-4H3;7-9H,5-6H2,1-4H3. The first-order valence-electron chi connectivity index (χ1n) is 56.1. The smallest absolute Gasteiger partial charge is 0.138 e. The van der Waals surface area contributed by atoms with Crippen LogP contribution in [0.2, 0.25) is 0 Å². The van der Waals surface area contributed by atoms with Crippen molar-refractivity contribution < 1.29 is 19.7 Å². The second kappa shape index (κ2) is 58.6. The van der Waals surface area contributed by atoms with Crippen LogP contribution in [0.5, 0.6) is 0 Å². The van der Waals surface area contributed by atoms with E-state index in [4.69, 9.17) is 0 Å². The number of likely N-dealkylation sites (tertiary alicyclic amines) is 11. The number of alkyl halides is 1. The molecule has 11 aliphatic rings. The van der Waals surface area contributed by atoms with E-state index >= 15 is 0 Å². The van der Waals surface area contributed by atoms with Crippen LogP contribution < -0.4 is 0 Å². The zero-order valence-corrected chi connectivity index (χ0v) is 99.3. The minimum Gasteiger partial charge on any atom is -0.512 e. The molecule has 11 aliphatic heterocycles. The maximum absolute atomic E-state index is 13.6. The van der Waals surface area contributed by atoms with Crippen LogP contribution in [-0.2, 0) is 0 Å². The molecule has 3 N–H and O–H groups in total. The number of halogens is 1. The average Bonchev–Trinajstić information content (AvgIpc) is 0.759. The number of nitrogens with zero attached hydrogens (tertiary/aromatic N) is 11. The van der Waals surface area contributed by atoms with Gasteiger partial charge in [-0.05, 0) is 344 Å². The molecule has 0 aromatic rings. The molecule has 10 atom stereocenters. The van der Waals surface area contributed by atoms with E-state index in [0.717, 1.165) is 170 Å². The van der Waals surface area contributed by atoms with Gasteiger partial charge in [0.25, 0.3) is 0 Å². The maximum atomic E-state index is 13.6. The highest BCUT2D eigenvalue weighted by Gasteiger charge is 2.52. The van der Waals surface area contributed by atoms with Crippen molar-refractivity contribution in [2.75, 3.05) is 124 Å². The maximum Gasteiger partial charge on any atom is 0.138 e. The molecule has 0 aromatic heterocycles. The molecule has 0 spiro atoms. The van der Waals surface area contributed by atoms with Crippen molar-refractivity contribution >= 4 is 0 Å². The summed E-state index contributed by atoms with van der Waals surface area (Å²) in [5.41, 5.74) is 0.744. The highest BCUT2D eigenvalue weighted by atomic mass is 19.1. The van der Waals surface area contributed by atoms with E-state index in [1.807, 2.05) is 27.7 Å². The topological polar surface area (TPSA) is 96.3 Å². The van der Waals surface area contributed by atoms with Gasteiger partial charge in [0.1, 0.15) is 5.67 Å². The summed E-state index contributed by atoms with van der Waals surface area (Å²) in [6, 6.07) is 10.2. The van der Waals surface area contributed by atoms with Crippen molar-refractivity contribution in [1.82, 2.24) is 53.9 Å². The van der Waals surface area contributed by atoms with Crippen LogP contribution in [0, 0.1) is 129 Å². The Morgan fingerprint density at radius 1 is 0.368 bits per heavy atom. The molecule has 133 heavy (non-hydrogen) atoms. The number of piperidine rings is 1. The monoisotopic (exact) mass is 1880 g/mol. The molecule has 0 amide bonds. The van der Waals surface area contributed by atoms with Crippen molar-refractivity contribution in [3.63, 3.8) is 0 Å². The molecular formula is C118H242FN11O3. The highest BCUT2D eigenvalue weighted by Crippen LogP contribution is 2.46. The van der Waals surface area contributed by atoms with Gasteiger partial charge in [-0.15, -0.1) is 0 Å². The van der Waals surface area contributed by atoms with Gasteiger partial charge in [0.05, 0.1) is 23.4 Å². The van der Waals surface area contributed by atoms with Crippen molar-refractivity contribution in [1.29, 1.82) is 0 Å². The van der Waals surface area contributed by atoms with Crippen LogP contribution in [-0.4, -0.2) is 296 Å². The fourth-order valence-corrected chi connectivity index (χ4v) is 21.8. The van der Waals surface area contributed by atoms with Gasteiger partial charge in [-0.3, -0.25) is 39.2 Å². The molecule has 0 aliphatic carbocycles. The van der Waals surface area contributed by atoms with E-state index in [2.05, 4.69) is 399 Å². The average molecular weight is 1880 g/mol. The van der Waals surface area contributed by atoms with E-state index in [1.165, 1.54) is 103 Å². The summed E-state index contributed by atoms with van der Waals surface area (Å²) < 4.78 is 13.6. The molecule has 14 nitrogen and oxygen atoms in total. The Bertz CT molecular complexity index is 2930. The quantitative estimate of drug-likeness (QED) is 0.0512. The summed E-state index contributed by atoms with van der Waals surface area (Å²) in [6.07, 6.45) is 7.90. The Kier molecular flexibility index (Phi) is 57.1. The van der Waals surface area contributed by atoms with Crippen LogP contribution in [0.15, 0.2) is 24.0 Å². The lowest BCUT2D eigenvalue weighted by molar-refractivity contribution is -0.137. The molecule has 11 rings (SSSR count). The largest absolute Gasteiger partial charge is 0.512 e. The Morgan fingerprint density at radius 2 is 0.722 bits per heavy atom. The number of aliphatic hydroxyl groups is 3. The lowest BCUT2D eigenvalue weighted by Crippen LogP contribution is -2.68. The van der Waals surface area contributed by atoms with Gasteiger partial charge in [-0.1, -0.05) is 191 Å². The molecular weight excluding hydrogens is 1640 g/mol. The fraction of sp³-hybridized carbons (Fsp3) is 0.966. The molecule has 15 heteroatoms. The van der Waals surface area contributed by atoms with Crippen molar-refractivity contribution in [3.05, 3.63) is 24.0 Å². The fourth-order valence-electron chi connectivity index (χ4n) is 21.8. The van der Waals surface area contributed by atoms with Crippen LogP contribution in [0.1, 0.15) is 386 Å². The van der Waals surface area contributed by atoms with Crippen LogP contribution in [0.25, 0.3) is 0 Å². The van der Waals surface area contributed by atoms with E-state index < -0.39 is 11.3 Å². The number of hydrogen-bond donors (Lipinski definition) is 3. The predicted molar refractivity (Wildman–Crippen MR) is 588 cm³/mol. The summed E-state index contributed by atoms with van der Waals surface area (Å²) in [5, 5.41) is 29.0. The molecule has 0 aromatic carbocycles.